The van der Waals surface area contributed by atoms with Crippen LogP contribution in [0.3, 0.4) is 0 Å². The molecule has 0 spiro atoms. The number of amides is 2. The van der Waals surface area contributed by atoms with Crippen LogP contribution < -0.4 is 20.1 Å². The topological polar surface area (TPSA) is 76.7 Å². The Morgan fingerprint density at radius 2 is 1.62 bits per heavy atom. The fraction of sp³-hybridized carbons (Fsp3) is 0.391. The Morgan fingerprint density at radius 3 is 2.17 bits per heavy atom. The van der Waals surface area contributed by atoms with Crippen LogP contribution in [0.25, 0.3) is 0 Å². The summed E-state index contributed by atoms with van der Waals surface area (Å²) in [5.74, 6) is 0.926. The zero-order chi connectivity index (χ0) is 21.4. The maximum atomic E-state index is 12.6. The molecule has 0 aromatic heterocycles. The summed E-state index contributed by atoms with van der Waals surface area (Å²) in [7, 11) is 1.57. The van der Waals surface area contributed by atoms with E-state index < -0.39 is 6.04 Å². The van der Waals surface area contributed by atoms with Gasteiger partial charge >= 0.3 is 0 Å². The molecule has 0 radical (unpaired) electrons. The molecule has 2 N–H and O–H groups in total. The Kier molecular flexibility index (Phi) is 8.07. The summed E-state index contributed by atoms with van der Waals surface area (Å²) in [6, 6.07) is 12.1. The van der Waals surface area contributed by atoms with Gasteiger partial charge in [0.2, 0.25) is 5.91 Å². The van der Waals surface area contributed by atoms with Crippen molar-refractivity contribution in [3.05, 3.63) is 59.2 Å². The molecule has 0 aliphatic rings. The molecule has 0 heterocycles. The molecule has 156 valence electrons. The SMILES string of the molecule is COc1ccc(C(=O)NC(C(=O)NCCOc2c(C)cccc2C)C(C)C)cc1. The molecule has 0 saturated carbocycles. The van der Waals surface area contributed by atoms with Gasteiger partial charge in [-0.05, 0) is 55.2 Å². The Balaban J connectivity index is 1.89. The van der Waals surface area contributed by atoms with Crippen molar-refractivity contribution in [1.29, 1.82) is 0 Å². The van der Waals surface area contributed by atoms with Crippen LogP contribution in [-0.2, 0) is 4.79 Å². The van der Waals surface area contributed by atoms with Gasteiger partial charge in [-0.1, -0.05) is 32.0 Å². The second-order valence-electron chi connectivity index (χ2n) is 7.28. The highest BCUT2D eigenvalue weighted by Crippen LogP contribution is 2.21. The van der Waals surface area contributed by atoms with Crippen LogP contribution in [0.2, 0.25) is 0 Å². The summed E-state index contributed by atoms with van der Waals surface area (Å²) >= 11 is 0. The molecule has 1 unspecified atom stereocenters. The van der Waals surface area contributed by atoms with Crippen molar-refractivity contribution in [2.45, 2.75) is 33.7 Å². The lowest BCUT2D eigenvalue weighted by Gasteiger charge is -2.22. The first kappa shape index (κ1) is 22.3. The van der Waals surface area contributed by atoms with Crippen LogP contribution in [0.1, 0.15) is 35.3 Å². The lowest BCUT2D eigenvalue weighted by molar-refractivity contribution is -0.124. The lowest BCUT2D eigenvalue weighted by atomic mass is 10.0. The van der Waals surface area contributed by atoms with Gasteiger partial charge in [-0.25, -0.2) is 0 Å². The summed E-state index contributed by atoms with van der Waals surface area (Å²) in [5, 5.41) is 5.66. The Hall–Kier alpha value is -3.02. The Morgan fingerprint density at radius 1 is 1.00 bits per heavy atom. The van der Waals surface area contributed by atoms with Crippen LogP contribution in [0, 0.1) is 19.8 Å². The first-order valence-corrected chi connectivity index (χ1v) is 9.75. The van der Waals surface area contributed by atoms with Gasteiger partial charge in [0.25, 0.3) is 5.91 Å². The summed E-state index contributed by atoms with van der Waals surface area (Å²) in [6.07, 6.45) is 0. The average Bonchev–Trinajstić information content (AvgIpc) is 2.70. The lowest BCUT2D eigenvalue weighted by Crippen LogP contribution is -2.50. The molecule has 6 nitrogen and oxygen atoms in total. The molecule has 6 heteroatoms. The van der Waals surface area contributed by atoms with E-state index >= 15 is 0 Å². The molecular weight excluding hydrogens is 368 g/mol. The van der Waals surface area contributed by atoms with E-state index in [1.807, 2.05) is 45.9 Å². The van der Waals surface area contributed by atoms with Gasteiger partial charge in [0.05, 0.1) is 13.7 Å². The number of methoxy groups -OCH3 is 1. The molecule has 29 heavy (non-hydrogen) atoms. The minimum atomic E-state index is -0.634. The van der Waals surface area contributed by atoms with Crippen molar-refractivity contribution >= 4 is 11.8 Å². The van der Waals surface area contributed by atoms with Gasteiger partial charge in [-0.15, -0.1) is 0 Å². The number of ether oxygens (including phenoxy) is 2. The van der Waals surface area contributed by atoms with Crippen LogP contribution in [-0.4, -0.2) is 38.1 Å². The Bertz CT molecular complexity index is 811. The number of aryl methyl sites for hydroxylation is 2. The smallest absolute Gasteiger partial charge is 0.251 e. The summed E-state index contributed by atoms with van der Waals surface area (Å²) in [6.45, 7) is 8.48. The van der Waals surface area contributed by atoms with Crippen LogP contribution >= 0.6 is 0 Å². The first-order valence-electron chi connectivity index (χ1n) is 9.75. The number of carbonyl (C=O) groups is 2. The van der Waals surface area contributed by atoms with E-state index in [2.05, 4.69) is 10.6 Å². The molecule has 1 atom stereocenters. The predicted molar refractivity (Wildman–Crippen MR) is 114 cm³/mol. The van der Waals surface area contributed by atoms with Crippen molar-refractivity contribution in [2.24, 2.45) is 5.92 Å². The number of benzene rings is 2. The van der Waals surface area contributed by atoms with Crippen molar-refractivity contribution in [1.82, 2.24) is 10.6 Å². The van der Waals surface area contributed by atoms with E-state index in [1.54, 1.807) is 31.4 Å². The molecule has 2 amide bonds. The molecule has 0 fully saturated rings. The minimum Gasteiger partial charge on any atom is -0.497 e. The molecule has 2 rings (SSSR count). The normalized spacial score (nSPS) is 11.7. The van der Waals surface area contributed by atoms with Crippen molar-refractivity contribution in [2.75, 3.05) is 20.3 Å². The maximum absolute atomic E-state index is 12.6. The zero-order valence-corrected chi connectivity index (χ0v) is 17.7. The molecule has 0 aliphatic heterocycles. The summed E-state index contributed by atoms with van der Waals surface area (Å²) in [5.41, 5.74) is 2.59. The largest absolute Gasteiger partial charge is 0.497 e. The number of carbonyl (C=O) groups excluding carboxylic acids is 2. The van der Waals surface area contributed by atoms with E-state index in [4.69, 9.17) is 9.47 Å². The van der Waals surface area contributed by atoms with Gasteiger partial charge < -0.3 is 20.1 Å². The third-order valence-corrected chi connectivity index (χ3v) is 4.64. The molecule has 2 aromatic carbocycles. The highest BCUT2D eigenvalue weighted by Gasteiger charge is 2.24. The standard InChI is InChI=1S/C23H30N2O4/c1-15(2)20(25-22(26)18-9-11-19(28-5)12-10-18)23(27)24-13-14-29-21-16(3)7-6-8-17(21)4/h6-12,15,20H,13-14H2,1-5H3,(H,24,27)(H,25,26). The van der Waals surface area contributed by atoms with Gasteiger partial charge in [0.15, 0.2) is 0 Å². The fourth-order valence-electron chi connectivity index (χ4n) is 2.97. The predicted octanol–water partition coefficient (Wildman–Crippen LogP) is 3.26. The van der Waals surface area contributed by atoms with E-state index in [0.717, 1.165) is 16.9 Å². The molecule has 0 saturated heterocycles. The van der Waals surface area contributed by atoms with E-state index in [1.165, 1.54) is 0 Å². The minimum absolute atomic E-state index is 0.0586. The van der Waals surface area contributed by atoms with Crippen LogP contribution in [0.15, 0.2) is 42.5 Å². The van der Waals surface area contributed by atoms with Crippen LogP contribution in [0.4, 0.5) is 0 Å². The van der Waals surface area contributed by atoms with Crippen molar-refractivity contribution in [3.63, 3.8) is 0 Å². The molecule has 2 aromatic rings. The third-order valence-electron chi connectivity index (χ3n) is 4.64. The van der Waals surface area contributed by atoms with Crippen molar-refractivity contribution < 1.29 is 19.1 Å². The fourth-order valence-corrected chi connectivity index (χ4v) is 2.97. The highest BCUT2D eigenvalue weighted by molar-refractivity contribution is 5.97. The van der Waals surface area contributed by atoms with Crippen LogP contribution in [0.5, 0.6) is 11.5 Å². The molecular formula is C23H30N2O4. The Labute approximate surface area is 172 Å². The van der Waals surface area contributed by atoms with Gasteiger partial charge in [0, 0.05) is 5.56 Å². The molecule has 0 bridgehead atoms. The number of hydrogen-bond donors (Lipinski definition) is 2. The van der Waals surface area contributed by atoms with E-state index in [9.17, 15) is 9.59 Å². The highest BCUT2D eigenvalue weighted by atomic mass is 16.5. The average molecular weight is 399 g/mol. The maximum Gasteiger partial charge on any atom is 0.251 e. The van der Waals surface area contributed by atoms with Gasteiger partial charge in [0.1, 0.15) is 24.1 Å². The molecule has 0 aliphatic carbocycles. The summed E-state index contributed by atoms with van der Waals surface area (Å²) in [4.78, 5) is 25.1. The number of para-hydroxylation sites is 1. The van der Waals surface area contributed by atoms with Gasteiger partial charge in [-0.3, -0.25) is 9.59 Å². The zero-order valence-electron chi connectivity index (χ0n) is 17.7. The first-order chi connectivity index (χ1) is 13.8. The number of nitrogens with one attached hydrogen (secondary N) is 2. The number of hydrogen-bond acceptors (Lipinski definition) is 4. The second-order valence-corrected chi connectivity index (χ2v) is 7.28. The van der Waals surface area contributed by atoms with E-state index in [-0.39, 0.29) is 17.7 Å². The third kappa shape index (κ3) is 6.24. The second kappa shape index (κ2) is 10.5. The number of rotatable bonds is 9. The van der Waals surface area contributed by atoms with E-state index in [0.29, 0.717) is 24.5 Å². The quantitative estimate of drug-likeness (QED) is 0.636. The monoisotopic (exact) mass is 398 g/mol. The van der Waals surface area contributed by atoms with Gasteiger partial charge in [-0.2, -0.15) is 0 Å². The summed E-state index contributed by atoms with van der Waals surface area (Å²) < 4.78 is 10.9. The van der Waals surface area contributed by atoms with Crippen molar-refractivity contribution in [3.8, 4) is 11.5 Å².